The molecule has 0 fully saturated rings. The van der Waals surface area contributed by atoms with Gasteiger partial charge in [-0.2, -0.15) is 0 Å². The van der Waals surface area contributed by atoms with E-state index in [2.05, 4.69) is 0 Å². The van der Waals surface area contributed by atoms with Gasteiger partial charge in [0.25, 0.3) is 0 Å². The van der Waals surface area contributed by atoms with Crippen LogP contribution in [-0.2, 0) is 14.6 Å². The third-order valence-electron chi connectivity index (χ3n) is 1.44. The molecule has 5 heteroatoms. The van der Waals surface area contributed by atoms with E-state index in [9.17, 15) is 8.42 Å². The lowest BCUT2D eigenvalue weighted by Gasteiger charge is -2.22. The molecular formula is C7H17NO3S. The molecule has 0 radical (unpaired) electrons. The number of hydrogen-bond donors (Lipinski definition) is 1. The van der Waals surface area contributed by atoms with Crippen molar-refractivity contribution in [3.63, 3.8) is 0 Å². The molecule has 0 rings (SSSR count). The van der Waals surface area contributed by atoms with Gasteiger partial charge >= 0.3 is 0 Å². The molecule has 0 unspecified atom stereocenters. The smallest absolute Gasteiger partial charge is 0.149 e. The molecule has 0 atom stereocenters. The first-order chi connectivity index (χ1) is 5.27. The Morgan fingerprint density at radius 1 is 1.42 bits per heavy atom. The minimum Gasteiger partial charge on any atom is -0.373 e. The van der Waals surface area contributed by atoms with Crippen LogP contribution >= 0.6 is 0 Å². The Morgan fingerprint density at radius 2 is 1.92 bits per heavy atom. The fourth-order valence-corrected chi connectivity index (χ4v) is 0.914. The fraction of sp³-hybridized carbons (Fsp3) is 1.00. The molecule has 74 valence electrons. The van der Waals surface area contributed by atoms with Crippen LogP contribution in [0.1, 0.15) is 13.8 Å². The summed E-state index contributed by atoms with van der Waals surface area (Å²) in [4.78, 5) is 0. The first-order valence-corrected chi connectivity index (χ1v) is 5.85. The monoisotopic (exact) mass is 195 g/mol. The summed E-state index contributed by atoms with van der Waals surface area (Å²) in [6.45, 7) is 4.25. The SMILES string of the molecule is CC(C)(CN)OCCS(C)(=O)=O. The third-order valence-corrected chi connectivity index (χ3v) is 2.35. The Hall–Kier alpha value is -0.130. The lowest BCUT2D eigenvalue weighted by Crippen LogP contribution is -2.35. The van der Waals surface area contributed by atoms with Gasteiger partial charge in [0.05, 0.1) is 18.0 Å². The van der Waals surface area contributed by atoms with Crippen LogP contribution < -0.4 is 5.73 Å². The summed E-state index contributed by atoms with van der Waals surface area (Å²) in [6.07, 6.45) is 1.19. The summed E-state index contributed by atoms with van der Waals surface area (Å²) in [7, 11) is -2.92. The zero-order valence-electron chi connectivity index (χ0n) is 7.83. The lowest BCUT2D eigenvalue weighted by atomic mass is 10.1. The molecule has 0 aromatic rings. The molecule has 0 saturated heterocycles. The molecule has 0 saturated carbocycles. The van der Waals surface area contributed by atoms with Gasteiger partial charge in [-0.1, -0.05) is 0 Å². The first-order valence-electron chi connectivity index (χ1n) is 3.78. The summed E-state index contributed by atoms with van der Waals surface area (Å²) < 4.78 is 26.6. The van der Waals surface area contributed by atoms with E-state index in [4.69, 9.17) is 10.5 Å². The molecule has 0 aliphatic rings. The van der Waals surface area contributed by atoms with Crippen molar-refractivity contribution in [3.05, 3.63) is 0 Å². The van der Waals surface area contributed by atoms with Crippen molar-refractivity contribution < 1.29 is 13.2 Å². The Kier molecular flexibility index (Phi) is 4.16. The van der Waals surface area contributed by atoms with Crippen LogP contribution in [0.25, 0.3) is 0 Å². The van der Waals surface area contributed by atoms with E-state index in [0.717, 1.165) is 0 Å². The summed E-state index contributed by atoms with van der Waals surface area (Å²) in [5, 5.41) is 0. The van der Waals surface area contributed by atoms with Gasteiger partial charge in [-0.05, 0) is 13.8 Å². The van der Waals surface area contributed by atoms with Gasteiger partial charge in [-0.3, -0.25) is 0 Å². The quantitative estimate of drug-likeness (QED) is 0.658. The van der Waals surface area contributed by atoms with Gasteiger partial charge in [-0.15, -0.1) is 0 Å². The van der Waals surface area contributed by atoms with Gasteiger partial charge in [0, 0.05) is 12.8 Å². The Morgan fingerprint density at radius 3 is 2.25 bits per heavy atom. The highest BCUT2D eigenvalue weighted by Gasteiger charge is 2.16. The van der Waals surface area contributed by atoms with Crippen molar-refractivity contribution in [3.8, 4) is 0 Å². The minimum absolute atomic E-state index is 0.0520. The molecule has 0 spiro atoms. The predicted octanol–water partition coefficient (Wildman–Crippen LogP) is -0.215. The zero-order valence-corrected chi connectivity index (χ0v) is 8.65. The fourth-order valence-electron chi connectivity index (χ4n) is 0.528. The highest BCUT2D eigenvalue weighted by molar-refractivity contribution is 7.90. The summed E-state index contributed by atoms with van der Waals surface area (Å²) in [5.41, 5.74) is 4.96. The van der Waals surface area contributed by atoms with E-state index in [1.54, 1.807) is 0 Å². The lowest BCUT2D eigenvalue weighted by molar-refractivity contribution is -0.00137. The van der Waals surface area contributed by atoms with Crippen LogP contribution in [-0.4, -0.2) is 39.2 Å². The molecule has 2 N–H and O–H groups in total. The molecule has 0 amide bonds. The number of rotatable bonds is 5. The molecular weight excluding hydrogens is 178 g/mol. The van der Waals surface area contributed by atoms with Crippen molar-refractivity contribution in [2.75, 3.05) is 25.2 Å². The highest BCUT2D eigenvalue weighted by atomic mass is 32.2. The van der Waals surface area contributed by atoms with Crippen LogP contribution in [0.4, 0.5) is 0 Å². The average Bonchev–Trinajstić information content (AvgIpc) is 1.84. The van der Waals surface area contributed by atoms with Crippen molar-refractivity contribution >= 4 is 9.84 Å². The van der Waals surface area contributed by atoms with E-state index in [1.165, 1.54) is 6.26 Å². The maximum atomic E-state index is 10.7. The van der Waals surface area contributed by atoms with E-state index >= 15 is 0 Å². The molecule has 0 aromatic heterocycles. The molecule has 12 heavy (non-hydrogen) atoms. The van der Waals surface area contributed by atoms with Gasteiger partial charge in [0.15, 0.2) is 0 Å². The summed E-state index contributed by atoms with van der Waals surface area (Å²) in [6, 6.07) is 0. The Balaban J connectivity index is 3.72. The van der Waals surface area contributed by atoms with Crippen LogP contribution in [0.15, 0.2) is 0 Å². The Bertz CT molecular complexity index is 221. The van der Waals surface area contributed by atoms with Crippen LogP contribution in [0, 0.1) is 0 Å². The maximum Gasteiger partial charge on any atom is 0.149 e. The number of ether oxygens (including phenoxy) is 1. The summed E-state index contributed by atoms with van der Waals surface area (Å²) >= 11 is 0. The van der Waals surface area contributed by atoms with Crippen molar-refractivity contribution in [1.29, 1.82) is 0 Å². The molecule has 0 aliphatic heterocycles. The second-order valence-corrected chi connectivity index (χ2v) is 5.70. The van der Waals surface area contributed by atoms with Crippen molar-refractivity contribution in [1.82, 2.24) is 0 Å². The third kappa shape index (κ3) is 6.57. The van der Waals surface area contributed by atoms with E-state index in [1.807, 2.05) is 13.8 Å². The molecule has 0 aliphatic carbocycles. The van der Waals surface area contributed by atoms with Gasteiger partial charge in [-0.25, -0.2) is 8.42 Å². The normalized spacial score (nSPS) is 13.3. The van der Waals surface area contributed by atoms with Crippen LogP contribution in [0.2, 0.25) is 0 Å². The molecule has 0 aromatic carbocycles. The number of sulfone groups is 1. The second-order valence-electron chi connectivity index (χ2n) is 3.44. The standard InChI is InChI=1S/C7H17NO3S/c1-7(2,6-8)11-4-5-12(3,9)10/h4-6,8H2,1-3H3. The number of hydrogen-bond acceptors (Lipinski definition) is 4. The van der Waals surface area contributed by atoms with Crippen LogP contribution in [0.5, 0.6) is 0 Å². The molecule has 4 nitrogen and oxygen atoms in total. The van der Waals surface area contributed by atoms with E-state index in [-0.39, 0.29) is 12.4 Å². The topological polar surface area (TPSA) is 69.4 Å². The van der Waals surface area contributed by atoms with Gasteiger partial charge in [0.1, 0.15) is 9.84 Å². The van der Waals surface area contributed by atoms with E-state index in [0.29, 0.717) is 6.54 Å². The van der Waals surface area contributed by atoms with Gasteiger partial charge < -0.3 is 10.5 Å². The van der Waals surface area contributed by atoms with Crippen molar-refractivity contribution in [2.24, 2.45) is 5.73 Å². The van der Waals surface area contributed by atoms with E-state index < -0.39 is 15.4 Å². The Labute approximate surface area is 74.0 Å². The number of nitrogens with two attached hydrogens (primary N) is 1. The minimum atomic E-state index is -2.92. The second kappa shape index (κ2) is 4.20. The maximum absolute atomic E-state index is 10.7. The van der Waals surface area contributed by atoms with Crippen LogP contribution in [0.3, 0.4) is 0 Å². The first kappa shape index (κ1) is 11.9. The predicted molar refractivity (Wildman–Crippen MR) is 48.8 cm³/mol. The van der Waals surface area contributed by atoms with Crippen molar-refractivity contribution in [2.45, 2.75) is 19.4 Å². The highest BCUT2D eigenvalue weighted by Crippen LogP contribution is 2.05. The average molecular weight is 195 g/mol. The largest absolute Gasteiger partial charge is 0.373 e. The molecule has 0 bridgehead atoms. The zero-order chi connectivity index (χ0) is 9.83. The molecule has 0 heterocycles. The summed E-state index contributed by atoms with van der Waals surface area (Å²) in [5.74, 6) is 0.0520. The van der Waals surface area contributed by atoms with Gasteiger partial charge in [0.2, 0.25) is 0 Å².